The molecule has 0 aliphatic rings. The Balaban J connectivity index is 2.86. The van der Waals surface area contributed by atoms with Crippen LogP contribution in [0.5, 0.6) is 0 Å². The summed E-state index contributed by atoms with van der Waals surface area (Å²) in [5.41, 5.74) is 0.993. The maximum atomic E-state index is 11.4. The van der Waals surface area contributed by atoms with Gasteiger partial charge in [-0.2, -0.15) is 10.3 Å². The molecular formula is C9H15N3O2. The first-order chi connectivity index (χ1) is 6.70. The molecule has 1 aromatic heterocycles. The molecule has 0 amide bonds. The number of carbonyl (C=O) groups is 1. The Bertz CT molecular complexity index is 309. The summed E-state index contributed by atoms with van der Waals surface area (Å²) in [6, 6.07) is 0. The van der Waals surface area contributed by atoms with Crippen molar-refractivity contribution in [2.24, 2.45) is 0 Å². The predicted molar refractivity (Wildman–Crippen MR) is 51.0 cm³/mol. The molecule has 1 unspecified atom stereocenters. The molecular weight excluding hydrogens is 182 g/mol. The van der Waals surface area contributed by atoms with Crippen molar-refractivity contribution in [2.45, 2.75) is 33.1 Å². The molecule has 1 aromatic rings. The van der Waals surface area contributed by atoms with E-state index in [9.17, 15) is 4.79 Å². The number of nitrogens with one attached hydrogen (secondary N) is 1. The lowest BCUT2D eigenvalue weighted by Gasteiger charge is -2.05. The van der Waals surface area contributed by atoms with Gasteiger partial charge in [-0.25, -0.2) is 4.79 Å². The molecule has 0 radical (unpaired) electrons. The number of nitrogens with zero attached hydrogens (tertiary/aromatic N) is 2. The Morgan fingerprint density at radius 1 is 1.50 bits per heavy atom. The fourth-order valence-electron chi connectivity index (χ4n) is 1.13. The molecule has 1 rings (SSSR count). The highest BCUT2D eigenvalue weighted by atomic mass is 16.5. The van der Waals surface area contributed by atoms with Gasteiger partial charge in [-0.3, -0.25) is 0 Å². The zero-order chi connectivity index (χ0) is 10.6. The second-order valence-electron chi connectivity index (χ2n) is 3.09. The van der Waals surface area contributed by atoms with Crippen LogP contribution in [-0.2, 0) is 4.74 Å². The molecule has 0 bridgehead atoms. The molecule has 5 heteroatoms. The number of hydrogen-bond donors (Lipinski definition) is 1. The zero-order valence-corrected chi connectivity index (χ0v) is 8.70. The average molecular weight is 197 g/mol. The Morgan fingerprint density at radius 2 is 2.21 bits per heavy atom. The molecule has 0 aromatic carbocycles. The van der Waals surface area contributed by atoms with Crippen LogP contribution in [0.3, 0.4) is 0 Å². The van der Waals surface area contributed by atoms with Crippen LogP contribution in [-0.4, -0.2) is 28.0 Å². The minimum absolute atomic E-state index is 0.216. The van der Waals surface area contributed by atoms with Gasteiger partial charge in [0.05, 0.1) is 6.61 Å². The Kier molecular flexibility index (Phi) is 3.62. The number of ether oxygens (including phenoxy) is 1. The predicted octanol–water partition coefficient (Wildman–Crippen LogP) is 1.49. The lowest BCUT2D eigenvalue weighted by molar-refractivity contribution is 0.0517. The van der Waals surface area contributed by atoms with Gasteiger partial charge in [0.15, 0.2) is 5.69 Å². The van der Waals surface area contributed by atoms with Gasteiger partial charge in [0.25, 0.3) is 0 Å². The van der Waals surface area contributed by atoms with Crippen molar-refractivity contribution in [1.82, 2.24) is 15.4 Å². The number of aromatic nitrogens is 3. The van der Waals surface area contributed by atoms with Crippen LogP contribution in [0.15, 0.2) is 0 Å². The van der Waals surface area contributed by atoms with Gasteiger partial charge in [0, 0.05) is 5.92 Å². The molecule has 0 fully saturated rings. The summed E-state index contributed by atoms with van der Waals surface area (Å²) in [4.78, 5) is 11.4. The van der Waals surface area contributed by atoms with Crippen molar-refractivity contribution in [3.8, 4) is 0 Å². The van der Waals surface area contributed by atoms with E-state index in [0.717, 1.165) is 6.42 Å². The lowest BCUT2D eigenvalue weighted by Crippen LogP contribution is -2.09. The number of H-pyrrole nitrogens is 1. The maximum Gasteiger partial charge on any atom is 0.360 e. The van der Waals surface area contributed by atoms with Crippen LogP contribution < -0.4 is 0 Å². The van der Waals surface area contributed by atoms with Crippen LogP contribution in [0.25, 0.3) is 0 Å². The minimum Gasteiger partial charge on any atom is -0.461 e. The van der Waals surface area contributed by atoms with Gasteiger partial charge >= 0.3 is 5.97 Å². The van der Waals surface area contributed by atoms with Crippen LogP contribution in [0.4, 0.5) is 0 Å². The van der Waals surface area contributed by atoms with Crippen LogP contribution in [0, 0.1) is 0 Å². The first kappa shape index (κ1) is 10.7. The Labute approximate surface area is 82.8 Å². The highest BCUT2D eigenvalue weighted by molar-refractivity contribution is 5.88. The number of hydrogen-bond acceptors (Lipinski definition) is 4. The molecule has 1 heterocycles. The molecule has 0 spiro atoms. The van der Waals surface area contributed by atoms with Gasteiger partial charge < -0.3 is 4.74 Å². The van der Waals surface area contributed by atoms with Crippen molar-refractivity contribution in [3.63, 3.8) is 0 Å². The number of rotatable bonds is 4. The van der Waals surface area contributed by atoms with E-state index in [1.54, 1.807) is 6.92 Å². The lowest BCUT2D eigenvalue weighted by atomic mass is 10.0. The summed E-state index contributed by atoms with van der Waals surface area (Å²) >= 11 is 0. The minimum atomic E-state index is -0.406. The molecule has 14 heavy (non-hydrogen) atoms. The molecule has 78 valence electrons. The van der Waals surface area contributed by atoms with Crippen molar-refractivity contribution in [2.75, 3.05) is 6.61 Å². The molecule has 1 N–H and O–H groups in total. The normalized spacial score (nSPS) is 12.5. The van der Waals surface area contributed by atoms with E-state index in [0.29, 0.717) is 18.0 Å². The number of esters is 1. The monoisotopic (exact) mass is 197 g/mol. The zero-order valence-electron chi connectivity index (χ0n) is 8.70. The summed E-state index contributed by atoms with van der Waals surface area (Å²) < 4.78 is 4.86. The molecule has 0 aliphatic heterocycles. The van der Waals surface area contributed by atoms with Crippen molar-refractivity contribution in [1.29, 1.82) is 0 Å². The standard InChI is InChI=1S/C9H15N3O2/c1-4-6(3)7-8(11-12-10-7)9(13)14-5-2/h6H,4-5H2,1-3H3,(H,10,11,12). The summed E-state index contributed by atoms with van der Waals surface area (Å²) in [7, 11) is 0. The van der Waals surface area contributed by atoms with Crippen molar-refractivity contribution >= 4 is 5.97 Å². The third-order valence-corrected chi connectivity index (χ3v) is 2.12. The smallest absolute Gasteiger partial charge is 0.360 e. The highest BCUT2D eigenvalue weighted by Gasteiger charge is 2.20. The molecule has 1 atom stereocenters. The van der Waals surface area contributed by atoms with Crippen LogP contribution in [0.1, 0.15) is 49.3 Å². The quantitative estimate of drug-likeness (QED) is 0.742. The highest BCUT2D eigenvalue weighted by Crippen LogP contribution is 2.18. The summed E-state index contributed by atoms with van der Waals surface area (Å²) in [6.45, 7) is 6.15. The molecule has 0 saturated carbocycles. The third-order valence-electron chi connectivity index (χ3n) is 2.12. The van der Waals surface area contributed by atoms with E-state index in [-0.39, 0.29) is 5.92 Å². The van der Waals surface area contributed by atoms with E-state index in [1.807, 2.05) is 13.8 Å². The third kappa shape index (κ3) is 2.10. The fraction of sp³-hybridized carbons (Fsp3) is 0.667. The number of aromatic amines is 1. The summed E-state index contributed by atoms with van der Waals surface area (Å²) in [5.74, 6) is -0.190. The van der Waals surface area contributed by atoms with E-state index < -0.39 is 5.97 Å². The van der Waals surface area contributed by atoms with Crippen LogP contribution >= 0.6 is 0 Å². The Hall–Kier alpha value is -1.39. The van der Waals surface area contributed by atoms with E-state index in [2.05, 4.69) is 15.4 Å². The SMILES string of the molecule is CCOC(=O)c1n[nH]nc1C(C)CC. The van der Waals surface area contributed by atoms with Gasteiger partial charge in [-0.1, -0.05) is 13.8 Å². The summed E-state index contributed by atoms with van der Waals surface area (Å²) in [5, 5.41) is 10.2. The Morgan fingerprint density at radius 3 is 2.79 bits per heavy atom. The molecule has 0 saturated heterocycles. The van der Waals surface area contributed by atoms with Gasteiger partial charge in [0.1, 0.15) is 5.69 Å². The molecule has 0 aliphatic carbocycles. The van der Waals surface area contributed by atoms with Crippen LogP contribution in [0.2, 0.25) is 0 Å². The first-order valence-electron chi connectivity index (χ1n) is 4.78. The van der Waals surface area contributed by atoms with E-state index >= 15 is 0 Å². The largest absolute Gasteiger partial charge is 0.461 e. The second-order valence-corrected chi connectivity index (χ2v) is 3.09. The van der Waals surface area contributed by atoms with Gasteiger partial charge in [0.2, 0.25) is 0 Å². The average Bonchev–Trinajstić information content (AvgIpc) is 2.65. The van der Waals surface area contributed by atoms with Gasteiger partial charge in [-0.05, 0) is 13.3 Å². The second kappa shape index (κ2) is 4.74. The van der Waals surface area contributed by atoms with Gasteiger partial charge in [-0.15, -0.1) is 5.10 Å². The van der Waals surface area contributed by atoms with E-state index in [4.69, 9.17) is 4.74 Å². The fourth-order valence-corrected chi connectivity index (χ4v) is 1.13. The summed E-state index contributed by atoms with van der Waals surface area (Å²) in [6.07, 6.45) is 0.916. The topological polar surface area (TPSA) is 67.9 Å². The molecule has 5 nitrogen and oxygen atoms in total. The maximum absolute atomic E-state index is 11.4. The van der Waals surface area contributed by atoms with Crippen molar-refractivity contribution in [3.05, 3.63) is 11.4 Å². The van der Waals surface area contributed by atoms with Crippen molar-refractivity contribution < 1.29 is 9.53 Å². The first-order valence-corrected chi connectivity index (χ1v) is 4.78. The number of carbonyl (C=O) groups excluding carboxylic acids is 1. The van der Waals surface area contributed by atoms with E-state index in [1.165, 1.54) is 0 Å².